The van der Waals surface area contributed by atoms with Crippen molar-refractivity contribution in [3.05, 3.63) is 0 Å². The van der Waals surface area contributed by atoms with E-state index in [1.807, 2.05) is 13.8 Å². The molecule has 0 aromatic heterocycles. The van der Waals surface area contributed by atoms with Crippen LogP contribution in [0.15, 0.2) is 0 Å². The lowest BCUT2D eigenvalue weighted by Crippen LogP contribution is -2.44. The summed E-state index contributed by atoms with van der Waals surface area (Å²) in [6.07, 6.45) is 0.721. The Labute approximate surface area is 90.8 Å². The number of aliphatic hydroxyl groups excluding tert-OH is 1. The first kappa shape index (κ1) is 12.3. The van der Waals surface area contributed by atoms with Gasteiger partial charge in [-0.3, -0.25) is 0 Å². The van der Waals surface area contributed by atoms with Crippen LogP contribution in [0.25, 0.3) is 0 Å². The Morgan fingerprint density at radius 3 is 2.87 bits per heavy atom. The largest absolute Gasteiger partial charge is 0.396 e. The molecule has 1 aliphatic rings. The molecule has 1 aliphatic heterocycles. The van der Waals surface area contributed by atoms with E-state index < -0.39 is 0 Å². The molecule has 0 bridgehead atoms. The summed E-state index contributed by atoms with van der Waals surface area (Å²) in [7, 11) is 0. The van der Waals surface area contributed by atoms with Crippen LogP contribution in [0.5, 0.6) is 0 Å². The minimum Gasteiger partial charge on any atom is -0.396 e. The molecule has 0 saturated carbocycles. The number of carbonyl (C=O) groups is 1. The van der Waals surface area contributed by atoms with Gasteiger partial charge in [0, 0.05) is 38.3 Å². The van der Waals surface area contributed by atoms with Crippen LogP contribution in [0.2, 0.25) is 0 Å². The van der Waals surface area contributed by atoms with E-state index in [0.29, 0.717) is 0 Å². The van der Waals surface area contributed by atoms with Gasteiger partial charge in [-0.2, -0.15) is 0 Å². The SMILES string of the molecule is CC(C)(CCO)NCCN1CCNC1=O. The normalized spacial score (nSPS) is 17.0. The smallest absolute Gasteiger partial charge is 0.317 e. The van der Waals surface area contributed by atoms with E-state index in [4.69, 9.17) is 5.11 Å². The predicted molar refractivity (Wildman–Crippen MR) is 58.8 cm³/mol. The van der Waals surface area contributed by atoms with Crippen LogP contribution in [-0.2, 0) is 0 Å². The van der Waals surface area contributed by atoms with Crippen molar-refractivity contribution in [1.82, 2.24) is 15.5 Å². The van der Waals surface area contributed by atoms with E-state index in [1.54, 1.807) is 4.90 Å². The third-order valence-electron chi connectivity index (χ3n) is 2.67. The van der Waals surface area contributed by atoms with Gasteiger partial charge in [-0.1, -0.05) is 0 Å². The summed E-state index contributed by atoms with van der Waals surface area (Å²) in [5.41, 5.74) is -0.0645. The molecule has 0 atom stereocenters. The number of hydrogen-bond donors (Lipinski definition) is 3. The number of amides is 2. The Bertz CT molecular complexity index is 219. The number of aliphatic hydroxyl groups is 1. The van der Waals surface area contributed by atoms with Crippen molar-refractivity contribution in [3.63, 3.8) is 0 Å². The molecule has 1 heterocycles. The van der Waals surface area contributed by atoms with E-state index in [9.17, 15) is 4.79 Å². The molecule has 88 valence electrons. The fourth-order valence-electron chi connectivity index (χ4n) is 1.62. The number of nitrogens with zero attached hydrogens (tertiary/aromatic N) is 1. The van der Waals surface area contributed by atoms with Crippen molar-refractivity contribution < 1.29 is 9.90 Å². The molecule has 0 radical (unpaired) electrons. The summed E-state index contributed by atoms with van der Waals surface area (Å²) in [5, 5.41) is 14.9. The number of hydrogen-bond acceptors (Lipinski definition) is 3. The van der Waals surface area contributed by atoms with E-state index in [0.717, 1.165) is 32.6 Å². The summed E-state index contributed by atoms with van der Waals surface area (Å²) >= 11 is 0. The highest BCUT2D eigenvalue weighted by atomic mass is 16.3. The number of urea groups is 1. The van der Waals surface area contributed by atoms with Crippen LogP contribution in [0.4, 0.5) is 4.79 Å². The molecule has 0 aromatic carbocycles. The van der Waals surface area contributed by atoms with Gasteiger partial charge in [-0.15, -0.1) is 0 Å². The summed E-state index contributed by atoms with van der Waals surface area (Å²) in [5.74, 6) is 0. The molecule has 3 N–H and O–H groups in total. The van der Waals surface area contributed by atoms with Crippen molar-refractivity contribution in [2.45, 2.75) is 25.8 Å². The van der Waals surface area contributed by atoms with Gasteiger partial charge in [-0.25, -0.2) is 4.79 Å². The van der Waals surface area contributed by atoms with Gasteiger partial charge in [0.2, 0.25) is 0 Å². The molecule has 5 nitrogen and oxygen atoms in total. The van der Waals surface area contributed by atoms with Crippen molar-refractivity contribution in [1.29, 1.82) is 0 Å². The van der Waals surface area contributed by atoms with Crippen molar-refractivity contribution in [3.8, 4) is 0 Å². The van der Waals surface area contributed by atoms with Gasteiger partial charge < -0.3 is 20.6 Å². The summed E-state index contributed by atoms with van der Waals surface area (Å²) in [4.78, 5) is 13.0. The highest BCUT2D eigenvalue weighted by molar-refractivity contribution is 5.76. The van der Waals surface area contributed by atoms with E-state index >= 15 is 0 Å². The predicted octanol–water partition coefficient (Wildman–Crippen LogP) is -0.238. The quantitative estimate of drug-likeness (QED) is 0.573. The monoisotopic (exact) mass is 215 g/mol. The van der Waals surface area contributed by atoms with Crippen molar-refractivity contribution >= 4 is 6.03 Å². The Hall–Kier alpha value is -0.810. The lowest BCUT2D eigenvalue weighted by atomic mass is 10.0. The van der Waals surface area contributed by atoms with E-state index in [-0.39, 0.29) is 18.2 Å². The van der Waals surface area contributed by atoms with Gasteiger partial charge >= 0.3 is 6.03 Å². The van der Waals surface area contributed by atoms with Gasteiger partial charge in [0.25, 0.3) is 0 Å². The molecule has 0 unspecified atom stereocenters. The Morgan fingerprint density at radius 2 is 2.33 bits per heavy atom. The van der Waals surface area contributed by atoms with Crippen LogP contribution in [0, 0.1) is 0 Å². The van der Waals surface area contributed by atoms with E-state index in [2.05, 4.69) is 10.6 Å². The molecule has 1 rings (SSSR count). The second-order valence-corrected chi connectivity index (χ2v) is 4.50. The lowest BCUT2D eigenvalue weighted by molar-refractivity contribution is 0.208. The standard InChI is InChI=1S/C10H21N3O2/c1-10(2,3-8-14)12-5-7-13-6-4-11-9(13)15/h12,14H,3-8H2,1-2H3,(H,11,15). The van der Waals surface area contributed by atoms with Crippen LogP contribution in [-0.4, -0.2) is 54.4 Å². The van der Waals surface area contributed by atoms with Gasteiger partial charge in [0.05, 0.1) is 0 Å². The second-order valence-electron chi connectivity index (χ2n) is 4.50. The fraction of sp³-hybridized carbons (Fsp3) is 0.900. The first-order valence-electron chi connectivity index (χ1n) is 5.44. The molecule has 0 spiro atoms. The summed E-state index contributed by atoms with van der Waals surface area (Å²) in [6.45, 7) is 7.31. The number of carbonyl (C=O) groups excluding carboxylic acids is 1. The van der Waals surface area contributed by atoms with Crippen molar-refractivity contribution in [2.75, 3.05) is 32.8 Å². The highest BCUT2D eigenvalue weighted by Gasteiger charge is 2.20. The van der Waals surface area contributed by atoms with E-state index in [1.165, 1.54) is 0 Å². The third-order valence-corrected chi connectivity index (χ3v) is 2.67. The molecular weight excluding hydrogens is 194 g/mol. The zero-order chi connectivity index (χ0) is 11.3. The summed E-state index contributed by atoms with van der Waals surface area (Å²) < 4.78 is 0. The fourth-order valence-corrected chi connectivity index (χ4v) is 1.62. The molecule has 0 aromatic rings. The van der Waals surface area contributed by atoms with Gasteiger partial charge in [0.15, 0.2) is 0 Å². The average molecular weight is 215 g/mol. The minimum absolute atomic E-state index is 0.0248. The van der Waals surface area contributed by atoms with Crippen molar-refractivity contribution in [2.24, 2.45) is 0 Å². The third kappa shape index (κ3) is 4.05. The lowest BCUT2D eigenvalue weighted by Gasteiger charge is -2.26. The summed E-state index contributed by atoms with van der Waals surface area (Å²) in [6, 6.07) is 0.0248. The molecule has 0 aliphatic carbocycles. The maximum Gasteiger partial charge on any atom is 0.317 e. The van der Waals surface area contributed by atoms with Crippen LogP contribution < -0.4 is 10.6 Å². The number of nitrogens with one attached hydrogen (secondary N) is 2. The molecular formula is C10H21N3O2. The topological polar surface area (TPSA) is 64.6 Å². The van der Waals surface area contributed by atoms with Crippen LogP contribution in [0.1, 0.15) is 20.3 Å². The van der Waals surface area contributed by atoms with Gasteiger partial charge in [0.1, 0.15) is 0 Å². The maximum atomic E-state index is 11.2. The Balaban J connectivity index is 2.17. The zero-order valence-electron chi connectivity index (χ0n) is 9.55. The second kappa shape index (κ2) is 5.32. The number of rotatable bonds is 6. The highest BCUT2D eigenvalue weighted by Crippen LogP contribution is 2.06. The Kier molecular flexibility index (Phi) is 4.35. The van der Waals surface area contributed by atoms with Gasteiger partial charge in [-0.05, 0) is 20.3 Å². The zero-order valence-corrected chi connectivity index (χ0v) is 9.55. The van der Waals surface area contributed by atoms with Crippen LogP contribution >= 0.6 is 0 Å². The first-order chi connectivity index (χ1) is 7.05. The minimum atomic E-state index is -0.0645. The van der Waals surface area contributed by atoms with Crippen LogP contribution in [0.3, 0.4) is 0 Å². The molecule has 1 fully saturated rings. The molecule has 1 saturated heterocycles. The Morgan fingerprint density at radius 1 is 1.60 bits per heavy atom. The maximum absolute atomic E-state index is 11.2. The molecule has 2 amide bonds. The first-order valence-corrected chi connectivity index (χ1v) is 5.44. The molecule has 15 heavy (non-hydrogen) atoms. The average Bonchev–Trinajstić information content (AvgIpc) is 2.51. The molecule has 5 heteroatoms.